The second kappa shape index (κ2) is 4.47. The van der Waals surface area contributed by atoms with Crippen molar-refractivity contribution in [2.75, 3.05) is 5.32 Å². The number of rotatable bonds is 2. The molecule has 0 radical (unpaired) electrons. The van der Waals surface area contributed by atoms with Crippen LogP contribution in [0.25, 0.3) is 10.2 Å². The van der Waals surface area contributed by atoms with E-state index in [0.717, 1.165) is 15.2 Å². The minimum atomic E-state index is -0.141. The van der Waals surface area contributed by atoms with E-state index in [9.17, 15) is 4.79 Å². The quantitative estimate of drug-likeness (QED) is 0.780. The van der Waals surface area contributed by atoms with E-state index in [-0.39, 0.29) is 5.91 Å². The van der Waals surface area contributed by atoms with Crippen molar-refractivity contribution >= 4 is 43.9 Å². The number of amides is 1. The third-order valence-corrected chi connectivity index (χ3v) is 4.03. The van der Waals surface area contributed by atoms with Crippen LogP contribution in [0.3, 0.4) is 0 Å². The molecule has 6 heteroatoms. The van der Waals surface area contributed by atoms with Crippen LogP contribution >= 0.6 is 22.7 Å². The van der Waals surface area contributed by atoms with Gasteiger partial charge in [-0.3, -0.25) is 10.1 Å². The molecule has 0 saturated heterocycles. The minimum Gasteiger partial charge on any atom is -0.298 e. The van der Waals surface area contributed by atoms with Gasteiger partial charge < -0.3 is 0 Å². The van der Waals surface area contributed by atoms with E-state index < -0.39 is 0 Å². The summed E-state index contributed by atoms with van der Waals surface area (Å²) in [5, 5.41) is 6.20. The summed E-state index contributed by atoms with van der Waals surface area (Å²) in [5.41, 5.74) is 1.56. The Balaban J connectivity index is 1.91. The van der Waals surface area contributed by atoms with Crippen molar-refractivity contribution < 1.29 is 4.79 Å². The van der Waals surface area contributed by atoms with Crippen molar-refractivity contribution in [2.45, 2.75) is 6.92 Å². The Bertz CT molecular complexity index is 703. The fourth-order valence-corrected chi connectivity index (χ4v) is 3.03. The van der Waals surface area contributed by atoms with E-state index in [2.05, 4.69) is 15.3 Å². The number of hydrogen-bond acceptors (Lipinski definition) is 5. The van der Waals surface area contributed by atoms with Crippen LogP contribution in [0.15, 0.2) is 29.8 Å². The Labute approximate surface area is 111 Å². The van der Waals surface area contributed by atoms with Crippen molar-refractivity contribution in [1.82, 2.24) is 9.97 Å². The van der Waals surface area contributed by atoms with Crippen LogP contribution in [0.4, 0.5) is 5.13 Å². The number of nitrogens with zero attached hydrogens (tertiary/aromatic N) is 2. The molecule has 2 aromatic heterocycles. The van der Waals surface area contributed by atoms with Crippen molar-refractivity contribution in [3.8, 4) is 0 Å². The monoisotopic (exact) mass is 275 g/mol. The molecule has 1 N–H and O–H groups in total. The van der Waals surface area contributed by atoms with E-state index >= 15 is 0 Å². The molecular formula is C12H9N3OS2. The molecule has 0 fully saturated rings. The third-order valence-electron chi connectivity index (χ3n) is 2.41. The first-order chi connectivity index (χ1) is 8.72. The van der Waals surface area contributed by atoms with E-state index in [1.807, 2.05) is 24.4 Å². The highest BCUT2D eigenvalue weighted by atomic mass is 32.1. The Hall–Kier alpha value is -1.79. The first-order valence-corrected chi connectivity index (χ1v) is 7.00. The summed E-state index contributed by atoms with van der Waals surface area (Å²) in [5.74, 6) is -0.141. The standard InChI is InChI=1S/C12H9N3OS2/c1-7-14-9-3-2-8(6-10(9)18-7)11(16)15-12-13-4-5-17-12/h2-6H,1H3,(H,13,15,16). The maximum Gasteiger partial charge on any atom is 0.257 e. The van der Waals surface area contributed by atoms with Crippen LogP contribution in [0.1, 0.15) is 15.4 Å². The summed E-state index contributed by atoms with van der Waals surface area (Å²) in [4.78, 5) is 20.4. The fourth-order valence-electron chi connectivity index (χ4n) is 1.64. The second-order valence-electron chi connectivity index (χ2n) is 3.71. The molecule has 0 atom stereocenters. The van der Waals surface area contributed by atoms with Gasteiger partial charge in [-0.15, -0.1) is 22.7 Å². The molecule has 0 aliphatic carbocycles. The van der Waals surface area contributed by atoms with Gasteiger partial charge in [-0.1, -0.05) is 0 Å². The van der Waals surface area contributed by atoms with Crippen molar-refractivity contribution in [3.63, 3.8) is 0 Å². The zero-order chi connectivity index (χ0) is 12.5. The molecule has 0 spiro atoms. The lowest BCUT2D eigenvalue weighted by Gasteiger charge is -2.01. The number of aryl methyl sites for hydroxylation is 1. The number of carbonyl (C=O) groups is 1. The van der Waals surface area contributed by atoms with E-state index in [1.165, 1.54) is 11.3 Å². The number of nitrogens with one attached hydrogen (secondary N) is 1. The van der Waals surface area contributed by atoms with Gasteiger partial charge in [-0.2, -0.15) is 0 Å². The van der Waals surface area contributed by atoms with Crippen molar-refractivity contribution in [2.24, 2.45) is 0 Å². The number of carbonyl (C=O) groups excluding carboxylic acids is 1. The molecule has 18 heavy (non-hydrogen) atoms. The maximum atomic E-state index is 12.0. The highest BCUT2D eigenvalue weighted by Gasteiger charge is 2.09. The molecule has 2 heterocycles. The van der Waals surface area contributed by atoms with Gasteiger partial charge >= 0.3 is 0 Å². The van der Waals surface area contributed by atoms with E-state index in [0.29, 0.717) is 10.7 Å². The molecule has 1 amide bonds. The molecule has 0 aliphatic rings. The van der Waals surface area contributed by atoms with Gasteiger partial charge in [0.2, 0.25) is 0 Å². The molecule has 0 bridgehead atoms. The molecule has 1 aromatic carbocycles. The van der Waals surface area contributed by atoms with Crippen molar-refractivity contribution in [1.29, 1.82) is 0 Å². The van der Waals surface area contributed by atoms with Gasteiger partial charge in [0.05, 0.1) is 15.2 Å². The summed E-state index contributed by atoms with van der Waals surface area (Å²) in [6, 6.07) is 5.52. The maximum absolute atomic E-state index is 12.0. The van der Waals surface area contributed by atoms with Gasteiger partial charge in [0.25, 0.3) is 5.91 Å². The summed E-state index contributed by atoms with van der Waals surface area (Å²) in [6.45, 7) is 1.96. The van der Waals surface area contributed by atoms with Gasteiger partial charge in [-0.25, -0.2) is 9.97 Å². The zero-order valence-electron chi connectivity index (χ0n) is 9.51. The van der Waals surface area contributed by atoms with Gasteiger partial charge in [0.15, 0.2) is 5.13 Å². The molecule has 3 rings (SSSR count). The number of benzene rings is 1. The number of thiazole rings is 2. The lowest BCUT2D eigenvalue weighted by Crippen LogP contribution is -2.11. The Morgan fingerprint density at radius 3 is 3.06 bits per heavy atom. The van der Waals surface area contributed by atoms with Crippen LogP contribution < -0.4 is 5.32 Å². The number of anilines is 1. The minimum absolute atomic E-state index is 0.141. The van der Waals surface area contributed by atoms with Crippen LogP contribution in [-0.4, -0.2) is 15.9 Å². The lowest BCUT2D eigenvalue weighted by molar-refractivity contribution is 0.102. The topological polar surface area (TPSA) is 54.9 Å². The number of aromatic nitrogens is 2. The van der Waals surface area contributed by atoms with Crippen molar-refractivity contribution in [3.05, 3.63) is 40.3 Å². The summed E-state index contributed by atoms with van der Waals surface area (Å²) >= 11 is 2.99. The van der Waals surface area contributed by atoms with E-state index in [1.54, 1.807) is 23.6 Å². The lowest BCUT2D eigenvalue weighted by atomic mass is 10.2. The molecular weight excluding hydrogens is 266 g/mol. The Morgan fingerprint density at radius 1 is 1.39 bits per heavy atom. The number of hydrogen-bond donors (Lipinski definition) is 1. The SMILES string of the molecule is Cc1nc2ccc(C(=O)Nc3nccs3)cc2s1. The Morgan fingerprint density at radius 2 is 2.28 bits per heavy atom. The molecule has 4 nitrogen and oxygen atoms in total. The summed E-state index contributed by atoms with van der Waals surface area (Å²) in [6.07, 6.45) is 1.66. The first-order valence-electron chi connectivity index (χ1n) is 5.30. The Kier molecular flexibility index (Phi) is 2.81. The second-order valence-corrected chi connectivity index (χ2v) is 5.84. The first kappa shape index (κ1) is 11.3. The molecule has 0 unspecified atom stereocenters. The largest absolute Gasteiger partial charge is 0.298 e. The van der Waals surface area contributed by atoms with Gasteiger partial charge in [0, 0.05) is 17.1 Å². The average Bonchev–Trinajstić information content (AvgIpc) is 2.95. The highest BCUT2D eigenvalue weighted by Crippen LogP contribution is 2.23. The fraction of sp³-hybridized carbons (Fsp3) is 0.0833. The predicted molar refractivity (Wildman–Crippen MR) is 74.4 cm³/mol. The molecule has 90 valence electrons. The van der Waals surface area contributed by atoms with Crippen LogP contribution in [0.2, 0.25) is 0 Å². The molecule has 3 aromatic rings. The highest BCUT2D eigenvalue weighted by molar-refractivity contribution is 7.18. The predicted octanol–water partition coefficient (Wildman–Crippen LogP) is 3.31. The van der Waals surface area contributed by atoms with E-state index in [4.69, 9.17) is 0 Å². The summed E-state index contributed by atoms with van der Waals surface area (Å²) < 4.78 is 1.03. The third kappa shape index (κ3) is 2.12. The van der Waals surface area contributed by atoms with Crippen LogP contribution in [-0.2, 0) is 0 Å². The smallest absolute Gasteiger partial charge is 0.257 e. The zero-order valence-corrected chi connectivity index (χ0v) is 11.1. The average molecular weight is 275 g/mol. The van der Waals surface area contributed by atoms with Gasteiger partial charge in [0.1, 0.15) is 0 Å². The van der Waals surface area contributed by atoms with Crippen LogP contribution in [0, 0.1) is 6.92 Å². The normalized spacial score (nSPS) is 10.7. The van der Waals surface area contributed by atoms with Crippen LogP contribution in [0.5, 0.6) is 0 Å². The summed E-state index contributed by atoms with van der Waals surface area (Å²) in [7, 11) is 0. The molecule has 0 saturated carbocycles. The number of fused-ring (bicyclic) bond motifs is 1. The van der Waals surface area contributed by atoms with Gasteiger partial charge in [-0.05, 0) is 25.1 Å². The molecule has 0 aliphatic heterocycles.